The molecule has 3 saturated heterocycles. The Bertz CT molecular complexity index is 3580. The van der Waals surface area contributed by atoms with Crippen LogP contribution in [0.3, 0.4) is 0 Å². The number of piperazine rings is 1. The van der Waals surface area contributed by atoms with E-state index in [4.69, 9.17) is 28.7 Å². The largest absolute Gasteiger partial charge is 0.456 e. The van der Waals surface area contributed by atoms with E-state index >= 15 is 0 Å². The zero-order valence-electron chi connectivity index (χ0n) is 62.3. The number of aliphatic hydroxyl groups is 3. The van der Waals surface area contributed by atoms with Gasteiger partial charge in [-0.1, -0.05) is 50.1 Å². The Labute approximate surface area is 607 Å². The van der Waals surface area contributed by atoms with Gasteiger partial charge in [0.05, 0.1) is 42.2 Å². The summed E-state index contributed by atoms with van der Waals surface area (Å²) in [6, 6.07) is 6.98. The number of hydrogen-bond donors (Lipinski definition) is 4. The van der Waals surface area contributed by atoms with Gasteiger partial charge in [0, 0.05) is 145 Å². The third kappa shape index (κ3) is 19.8. The first-order valence-electron chi connectivity index (χ1n) is 37.2. The number of piperidine rings is 1. The highest BCUT2D eigenvalue weighted by molar-refractivity contribution is 7.99. The summed E-state index contributed by atoms with van der Waals surface area (Å²) >= 11 is 1.65. The molecule has 2 amide bonds. The number of cyclic esters (lactones) is 1. The fourth-order valence-corrected chi connectivity index (χ4v) is 17.0. The van der Waals surface area contributed by atoms with E-state index in [0.717, 1.165) is 76.3 Å². The van der Waals surface area contributed by atoms with Gasteiger partial charge in [0.25, 0.3) is 11.7 Å². The number of methoxy groups -OCH3 is 3. The monoisotopic (exact) mass is 1430 g/mol. The fraction of sp³-hybridized carbons (Fsp3) is 0.658. The molecule has 2 bridgehead atoms. The summed E-state index contributed by atoms with van der Waals surface area (Å²) in [4.78, 5) is 109. The Morgan fingerprint density at radius 3 is 2.26 bits per heavy atom. The maximum Gasteiger partial charge on any atom is 0.329 e. The Hall–Kier alpha value is -6.28. The number of esters is 1. The van der Waals surface area contributed by atoms with Crippen molar-refractivity contribution in [1.29, 1.82) is 0 Å². The topological polar surface area (TPSA) is 279 Å². The number of hydrogen-bond acceptors (Lipinski definition) is 20. The van der Waals surface area contributed by atoms with Crippen LogP contribution in [0.25, 0.3) is 22.0 Å². The highest BCUT2D eigenvalue weighted by Gasteiger charge is 2.57. The number of carbonyl (C=O) groups is 7. The number of benzene rings is 1. The molecule has 6 aliphatic rings. The Morgan fingerprint density at radius 1 is 0.833 bits per heavy atom. The molecule has 4 fully saturated rings. The number of pyridine rings is 1. The van der Waals surface area contributed by atoms with Gasteiger partial charge in [-0.2, -0.15) is 16.9 Å². The van der Waals surface area contributed by atoms with Crippen LogP contribution in [0.5, 0.6) is 0 Å². The van der Waals surface area contributed by atoms with Crippen LogP contribution in [-0.2, 0) is 52.5 Å². The van der Waals surface area contributed by atoms with E-state index in [-0.39, 0.29) is 73.4 Å². The van der Waals surface area contributed by atoms with Gasteiger partial charge >= 0.3 is 5.97 Å². The lowest BCUT2D eigenvalue weighted by Gasteiger charge is -2.47. The molecule has 560 valence electrons. The zero-order chi connectivity index (χ0) is 73.7. The van der Waals surface area contributed by atoms with Gasteiger partial charge < -0.3 is 54.1 Å². The number of carbonyl (C=O) groups excluding carboxylic acids is 7. The molecule has 14 atom stereocenters. The lowest BCUT2D eigenvalue weighted by atomic mass is 9.81. The minimum atomic E-state index is -2.56. The van der Waals surface area contributed by atoms with Gasteiger partial charge in [0.2, 0.25) is 11.7 Å². The van der Waals surface area contributed by atoms with Crippen LogP contribution in [0.1, 0.15) is 181 Å². The van der Waals surface area contributed by atoms with Gasteiger partial charge in [-0.3, -0.25) is 38.3 Å². The number of aliphatic hydroxyl groups excluding tert-OH is 2. The molecule has 22 nitrogen and oxygen atoms in total. The highest BCUT2D eigenvalue weighted by atomic mass is 32.2. The first-order valence-corrected chi connectivity index (χ1v) is 38.4. The smallest absolute Gasteiger partial charge is 0.329 e. The lowest BCUT2D eigenvalue weighted by Crippen LogP contribution is -2.64. The summed E-state index contributed by atoms with van der Waals surface area (Å²) < 4.78 is 32.3. The van der Waals surface area contributed by atoms with Crippen molar-refractivity contribution in [2.45, 2.75) is 226 Å². The third-order valence-corrected chi connectivity index (χ3v) is 23.2. The summed E-state index contributed by atoms with van der Waals surface area (Å²) in [7, 11) is 4.62. The molecule has 23 heteroatoms. The van der Waals surface area contributed by atoms with Crippen molar-refractivity contribution >= 4 is 69.4 Å². The molecular weight excluding hydrogens is 1320 g/mol. The summed E-state index contributed by atoms with van der Waals surface area (Å²) in [6.45, 7) is 21.7. The van der Waals surface area contributed by atoms with Gasteiger partial charge in [-0.25, -0.2) is 9.78 Å². The van der Waals surface area contributed by atoms with Crippen molar-refractivity contribution in [3.05, 3.63) is 88.3 Å². The van der Waals surface area contributed by atoms with Crippen molar-refractivity contribution in [1.82, 2.24) is 29.9 Å². The number of Topliss-reactive ketones (excluding diaryl/α,β-unsaturated/α-hetero) is 4. The van der Waals surface area contributed by atoms with Gasteiger partial charge in [-0.15, -0.1) is 0 Å². The van der Waals surface area contributed by atoms with Crippen molar-refractivity contribution in [3.8, 4) is 11.1 Å². The number of nitrogens with zero attached hydrogens (tertiary/aromatic N) is 6. The molecule has 1 aromatic carbocycles. The second-order valence-electron chi connectivity index (χ2n) is 30.2. The minimum Gasteiger partial charge on any atom is -0.456 e. The maximum absolute atomic E-state index is 14.8. The maximum atomic E-state index is 14.8. The molecule has 6 heterocycles. The average molecular weight is 1430 g/mol. The van der Waals surface area contributed by atoms with Gasteiger partial charge in [0.1, 0.15) is 29.9 Å². The molecule has 102 heavy (non-hydrogen) atoms. The molecule has 2 aromatic heterocycles. The van der Waals surface area contributed by atoms with E-state index in [0.29, 0.717) is 113 Å². The summed E-state index contributed by atoms with van der Waals surface area (Å²) in [5.74, 6) is -5.92. The van der Waals surface area contributed by atoms with Gasteiger partial charge in [-0.05, 0) is 183 Å². The first kappa shape index (κ1) is 79.8. The quantitative estimate of drug-likeness (QED) is 0.0239. The number of amides is 2. The molecule has 0 unspecified atom stereocenters. The molecule has 2 aliphatic carbocycles. The SMILES string of the molecule is CO[C@H]1C[C@@H](C)C/C(C)=C/[C@@H](CCCSCCC(=O)NCCN2CCN(c3ccc(-c4cc(C(=O)CCC5=C(C)C=C(C)CC5=O)c5cnn(C(C)C)c5c4)cn3)CC2)C(=O)C[C@H](O)[C@@H](C)[C@@H](/C(C)=C/[C@@H]2CC[C@@H](O)[C@H](OC)C2)OC(=O)[C@@H]2CCCCN2C(=O)C(=O)[C@]2(O)O[C@H]1[C@@H](OC)C[C@H]2C. The minimum absolute atomic E-state index is 0.0276. The number of ketones is 4. The first-order chi connectivity index (χ1) is 48.7. The number of aromatic nitrogens is 3. The molecule has 4 aliphatic heterocycles. The lowest BCUT2D eigenvalue weighted by molar-refractivity contribution is -0.302. The van der Waals surface area contributed by atoms with Crippen LogP contribution < -0.4 is 10.2 Å². The summed E-state index contributed by atoms with van der Waals surface area (Å²) in [5.41, 5.74) is 7.49. The van der Waals surface area contributed by atoms with Crippen molar-refractivity contribution in [3.63, 3.8) is 0 Å². The van der Waals surface area contributed by atoms with Crippen LogP contribution >= 0.6 is 11.8 Å². The van der Waals surface area contributed by atoms with Crippen LogP contribution in [0.15, 0.2) is 82.8 Å². The number of allylic oxidation sites excluding steroid dienone is 7. The average Bonchev–Trinajstić information content (AvgIpc) is 1.15. The molecule has 0 radical (unpaired) electrons. The highest BCUT2D eigenvalue weighted by Crippen LogP contribution is 2.41. The number of thioether (sulfide) groups is 1. The second kappa shape index (κ2) is 36.6. The number of fused-ring (bicyclic) bond motifs is 4. The molecule has 9 rings (SSSR count). The van der Waals surface area contributed by atoms with Crippen LogP contribution in [0, 0.1) is 29.6 Å². The second-order valence-corrected chi connectivity index (χ2v) is 31.4. The molecule has 4 N–H and O–H groups in total. The van der Waals surface area contributed by atoms with Gasteiger partial charge in [0.15, 0.2) is 11.6 Å². The third-order valence-electron chi connectivity index (χ3n) is 22.1. The zero-order valence-corrected chi connectivity index (χ0v) is 63.1. The van der Waals surface area contributed by atoms with E-state index in [2.05, 4.69) is 53.1 Å². The summed E-state index contributed by atoms with van der Waals surface area (Å²) in [5, 5.41) is 43.7. The predicted octanol–water partition coefficient (Wildman–Crippen LogP) is 10.1. The van der Waals surface area contributed by atoms with Crippen molar-refractivity contribution in [2.75, 3.05) is 83.5 Å². The number of rotatable bonds is 22. The normalized spacial score (nSPS) is 30.2. The molecule has 0 spiro atoms. The Kier molecular flexibility index (Phi) is 28.7. The Morgan fingerprint density at radius 2 is 1.57 bits per heavy atom. The van der Waals surface area contributed by atoms with Crippen molar-refractivity contribution < 1.29 is 72.6 Å². The number of ether oxygens (including phenoxy) is 5. The van der Waals surface area contributed by atoms with Crippen LogP contribution in [-0.4, -0.2) is 214 Å². The van der Waals surface area contributed by atoms with E-state index in [1.54, 1.807) is 38.9 Å². The van der Waals surface area contributed by atoms with E-state index in [1.165, 1.54) is 19.1 Å². The molecule has 3 aromatic rings. The van der Waals surface area contributed by atoms with Crippen molar-refractivity contribution in [2.24, 2.45) is 29.6 Å². The van der Waals surface area contributed by atoms with Crippen LogP contribution in [0.2, 0.25) is 0 Å². The standard InChI is InChI=1S/C79H113N7O15S/c1-47(2)86-63-43-58(42-60(61(63)46-82-86)64(87)22-20-59-51(6)35-50(5)37-68(59)91)57-19-23-72(81-45-57)84-30-28-83(29-31-84)27-25-80-73(92)24-33-102-32-15-16-56-36-48(3)34-49(4)38-70(98-11)75-71(99-12)40-53(8)79(96,101-75)76(93)77(94)85-26-14-13-17-62(85)78(95)100-74(54(9)66(89)44-67(56)90)52(7)39-55-18-21-65(88)69(41-55)97-10/h19,23,35-36,39,42-43,45-47,49,53-56,62,65-66,69-71,74-75,88-89,96H,13-18,20-22,24-34,37-38,40-41,44H2,1-12H3,(H,80,92)/b48-36+,52-39+/t49-,53+,54+,55-,56+,62-,65+,66-,69+,70-,71-,74+,75+,79+/m0/s1. The van der Waals surface area contributed by atoms with E-state index in [9.17, 15) is 48.9 Å². The predicted molar refractivity (Wildman–Crippen MR) is 394 cm³/mol. The summed E-state index contributed by atoms with van der Waals surface area (Å²) in [6.07, 6.45) is 10.4. The van der Waals surface area contributed by atoms with Crippen LogP contribution in [0.4, 0.5) is 5.82 Å². The number of nitrogens with one attached hydrogen (secondary N) is 1. The molecule has 1 saturated carbocycles. The van der Waals surface area contributed by atoms with E-state index in [1.807, 2.05) is 68.9 Å². The number of anilines is 1. The Balaban J connectivity index is 0.794. The molecular formula is C79H113N7O15S. The van der Waals surface area contributed by atoms with E-state index < -0.39 is 90.0 Å². The fourth-order valence-electron chi connectivity index (χ4n) is 16.1.